The summed E-state index contributed by atoms with van der Waals surface area (Å²) < 4.78 is 0. The molecule has 1 aromatic rings. The van der Waals surface area contributed by atoms with Crippen LogP contribution in [0.15, 0.2) is 12.4 Å². The molecule has 1 aliphatic rings. The van der Waals surface area contributed by atoms with Gasteiger partial charge in [-0.15, -0.1) is 0 Å². The van der Waals surface area contributed by atoms with Crippen molar-refractivity contribution in [3.8, 4) is 0 Å². The van der Waals surface area contributed by atoms with Crippen molar-refractivity contribution < 1.29 is 0 Å². The lowest BCUT2D eigenvalue weighted by Crippen LogP contribution is -2.33. The smallest absolute Gasteiger partial charge is 0.145 e. The molecular formula is C17H29N3. The second kappa shape index (κ2) is 7.72. The first-order chi connectivity index (χ1) is 9.74. The second-order valence-electron chi connectivity index (χ2n) is 6.25. The first kappa shape index (κ1) is 15.4. The van der Waals surface area contributed by atoms with Crippen LogP contribution in [0.5, 0.6) is 0 Å². The zero-order valence-electron chi connectivity index (χ0n) is 13.2. The molecule has 0 aliphatic heterocycles. The molecule has 3 unspecified atom stereocenters. The standard InChI is InChI=1S/C17H29N3/c1-4-9-18-16(17-19-11-13(3)12-20-17)15-8-6-7-14(5-2)10-15/h11-12,14-16,18H,4-10H2,1-3H3. The van der Waals surface area contributed by atoms with Gasteiger partial charge in [-0.25, -0.2) is 9.97 Å². The molecule has 20 heavy (non-hydrogen) atoms. The molecule has 0 aromatic carbocycles. The average molecular weight is 275 g/mol. The highest BCUT2D eigenvalue weighted by atomic mass is 15.0. The summed E-state index contributed by atoms with van der Waals surface area (Å²) in [5.41, 5.74) is 1.14. The lowest BCUT2D eigenvalue weighted by atomic mass is 9.76. The van der Waals surface area contributed by atoms with Crippen molar-refractivity contribution in [2.24, 2.45) is 11.8 Å². The van der Waals surface area contributed by atoms with Gasteiger partial charge in [-0.1, -0.05) is 33.1 Å². The fourth-order valence-corrected chi connectivity index (χ4v) is 3.34. The maximum absolute atomic E-state index is 4.58. The van der Waals surface area contributed by atoms with E-state index in [0.717, 1.165) is 30.3 Å². The fraction of sp³-hybridized carbons (Fsp3) is 0.765. The normalized spacial score (nSPS) is 24.6. The summed E-state index contributed by atoms with van der Waals surface area (Å²) in [5, 5.41) is 3.69. The van der Waals surface area contributed by atoms with Gasteiger partial charge in [0.2, 0.25) is 0 Å². The Kier molecular flexibility index (Phi) is 5.96. The summed E-state index contributed by atoms with van der Waals surface area (Å²) in [5.74, 6) is 2.58. The monoisotopic (exact) mass is 275 g/mol. The Morgan fingerprint density at radius 2 is 2.00 bits per heavy atom. The SMILES string of the molecule is CCCNC(c1ncc(C)cn1)C1CCCC(CC)C1. The molecule has 0 radical (unpaired) electrons. The Labute approximate surface area is 123 Å². The maximum Gasteiger partial charge on any atom is 0.145 e. The van der Waals surface area contributed by atoms with Gasteiger partial charge in [0, 0.05) is 12.4 Å². The lowest BCUT2D eigenvalue weighted by Gasteiger charge is -2.34. The minimum atomic E-state index is 0.338. The summed E-state index contributed by atoms with van der Waals surface area (Å²) in [6.45, 7) is 7.64. The Morgan fingerprint density at radius 3 is 2.65 bits per heavy atom. The van der Waals surface area contributed by atoms with Crippen molar-refractivity contribution in [2.75, 3.05) is 6.54 Å². The molecule has 112 valence electrons. The number of aryl methyl sites for hydroxylation is 1. The average Bonchev–Trinajstić information content (AvgIpc) is 2.49. The molecule has 0 spiro atoms. The van der Waals surface area contributed by atoms with E-state index in [1.54, 1.807) is 0 Å². The van der Waals surface area contributed by atoms with Crippen LogP contribution in [0.25, 0.3) is 0 Å². The van der Waals surface area contributed by atoms with Crippen LogP contribution < -0.4 is 5.32 Å². The highest BCUT2D eigenvalue weighted by Gasteiger charge is 2.29. The van der Waals surface area contributed by atoms with E-state index in [4.69, 9.17) is 0 Å². The highest BCUT2D eigenvalue weighted by molar-refractivity contribution is 5.06. The summed E-state index contributed by atoms with van der Waals surface area (Å²) >= 11 is 0. The molecule has 1 aromatic heterocycles. The molecule has 3 nitrogen and oxygen atoms in total. The van der Waals surface area contributed by atoms with Gasteiger partial charge in [-0.3, -0.25) is 0 Å². The highest BCUT2D eigenvalue weighted by Crippen LogP contribution is 2.37. The van der Waals surface area contributed by atoms with Gasteiger partial charge in [0.25, 0.3) is 0 Å². The zero-order chi connectivity index (χ0) is 14.4. The van der Waals surface area contributed by atoms with Crippen LogP contribution >= 0.6 is 0 Å². The van der Waals surface area contributed by atoms with E-state index in [9.17, 15) is 0 Å². The van der Waals surface area contributed by atoms with Crippen LogP contribution in [-0.4, -0.2) is 16.5 Å². The van der Waals surface area contributed by atoms with Crippen molar-refractivity contribution in [3.05, 3.63) is 23.8 Å². The molecule has 3 atom stereocenters. The summed E-state index contributed by atoms with van der Waals surface area (Å²) in [7, 11) is 0. The van der Waals surface area contributed by atoms with Crippen LogP contribution in [0, 0.1) is 18.8 Å². The third-order valence-electron chi connectivity index (χ3n) is 4.57. The molecule has 1 saturated carbocycles. The molecule has 0 amide bonds. The molecule has 1 heterocycles. The van der Waals surface area contributed by atoms with Gasteiger partial charge in [0.05, 0.1) is 6.04 Å². The molecule has 1 N–H and O–H groups in total. The summed E-state index contributed by atoms with van der Waals surface area (Å²) in [6.07, 6.45) is 11.8. The predicted octanol–water partition coefficient (Wildman–Crippen LogP) is 4.04. The van der Waals surface area contributed by atoms with Crippen LogP contribution in [-0.2, 0) is 0 Å². The molecule has 1 fully saturated rings. The van der Waals surface area contributed by atoms with Gasteiger partial charge in [0.15, 0.2) is 0 Å². The second-order valence-corrected chi connectivity index (χ2v) is 6.25. The van der Waals surface area contributed by atoms with E-state index in [2.05, 4.69) is 29.1 Å². The van der Waals surface area contributed by atoms with Crippen molar-refractivity contribution in [2.45, 2.75) is 65.3 Å². The van der Waals surface area contributed by atoms with Crippen LogP contribution in [0.4, 0.5) is 0 Å². The van der Waals surface area contributed by atoms with Crippen molar-refractivity contribution in [1.82, 2.24) is 15.3 Å². The van der Waals surface area contributed by atoms with Crippen molar-refractivity contribution in [3.63, 3.8) is 0 Å². The topological polar surface area (TPSA) is 37.8 Å². The molecule has 0 saturated heterocycles. The number of rotatable bonds is 6. The van der Waals surface area contributed by atoms with E-state index >= 15 is 0 Å². The third-order valence-corrected chi connectivity index (χ3v) is 4.57. The van der Waals surface area contributed by atoms with Gasteiger partial charge < -0.3 is 5.32 Å². The quantitative estimate of drug-likeness (QED) is 0.851. The van der Waals surface area contributed by atoms with Gasteiger partial charge in [-0.05, 0) is 50.1 Å². The summed E-state index contributed by atoms with van der Waals surface area (Å²) in [4.78, 5) is 9.17. The molecule has 2 rings (SSSR count). The van der Waals surface area contributed by atoms with E-state index in [-0.39, 0.29) is 0 Å². The van der Waals surface area contributed by atoms with Crippen LogP contribution in [0.1, 0.15) is 69.8 Å². The Bertz CT molecular complexity index is 388. The third kappa shape index (κ3) is 4.02. The Balaban J connectivity index is 2.11. The Hall–Kier alpha value is -0.960. The molecule has 0 bridgehead atoms. The summed E-state index contributed by atoms with van der Waals surface area (Å²) in [6, 6.07) is 0.338. The van der Waals surface area contributed by atoms with Crippen molar-refractivity contribution in [1.29, 1.82) is 0 Å². The molecule has 1 aliphatic carbocycles. The van der Waals surface area contributed by atoms with Crippen LogP contribution in [0.2, 0.25) is 0 Å². The molecule has 3 heteroatoms. The number of hydrogen-bond acceptors (Lipinski definition) is 3. The van der Waals surface area contributed by atoms with Gasteiger partial charge in [0.1, 0.15) is 5.82 Å². The lowest BCUT2D eigenvalue weighted by molar-refractivity contribution is 0.204. The van der Waals surface area contributed by atoms with E-state index in [1.165, 1.54) is 32.1 Å². The van der Waals surface area contributed by atoms with Gasteiger partial charge >= 0.3 is 0 Å². The van der Waals surface area contributed by atoms with E-state index in [0.29, 0.717) is 12.0 Å². The zero-order valence-corrected chi connectivity index (χ0v) is 13.2. The minimum Gasteiger partial charge on any atom is -0.307 e. The predicted molar refractivity (Wildman–Crippen MR) is 83.5 cm³/mol. The first-order valence-electron chi connectivity index (χ1n) is 8.26. The Morgan fingerprint density at radius 1 is 1.25 bits per heavy atom. The number of nitrogens with zero attached hydrogens (tertiary/aromatic N) is 2. The van der Waals surface area contributed by atoms with Crippen LogP contribution in [0.3, 0.4) is 0 Å². The minimum absolute atomic E-state index is 0.338. The number of hydrogen-bond donors (Lipinski definition) is 1. The maximum atomic E-state index is 4.58. The largest absolute Gasteiger partial charge is 0.307 e. The number of aromatic nitrogens is 2. The van der Waals surface area contributed by atoms with Gasteiger partial charge in [-0.2, -0.15) is 0 Å². The van der Waals surface area contributed by atoms with E-state index in [1.807, 2.05) is 19.3 Å². The number of nitrogens with one attached hydrogen (secondary N) is 1. The first-order valence-corrected chi connectivity index (χ1v) is 8.26. The van der Waals surface area contributed by atoms with E-state index < -0.39 is 0 Å². The molecular weight excluding hydrogens is 246 g/mol. The fourth-order valence-electron chi connectivity index (χ4n) is 3.34. The van der Waals surface area contributed by atoms with Crippen molar-refractivity contribution >= 4 is 0 Å².